The summed E-state index contributed by atoms with van der Waals surface area (Å²) in [5.41, 5.74) is 1.83. The standard InChI is InChI=1S/C13H7Cl2FN2/c14-7-4-5-10-11(6-7)18-13(17-10)8-2-1-3-9(15)12(8)16/h1-6H,(H,17,18). The van der Waals surface area contributed by atoms with E-state index in [9.17, 15) is 4.39 Å². The van der Waals surface area contributed by atoms with Gasteiger partial charge in [0, 0.05) is 5.02 Å². The van der Waals surface area contributed by atoms with Gasteiger partial charge < -0.3 is 4.98 Å². The van der Waals surface area contributed by atoms with E-state index in [2.05, 4.69) is 9.97 Å². The highest BCUT2D eigenvalue weighted by molar-refractivity contribution is 6.31. The smallest absolute Gasteiger partial charge is 0.152 e. The molecule has 18 heavy (non-hydrogen) atoms. The fraction of sp³-hybridized carbons (Fsp3) is 0. The Balaban J connectivity index is 2.22. The number of H-pyrrole nitrogens is 1. The van der Waals surface area contributed by atoms with Gasteiger partial charge in [0.15, 0.2) is 5.82 Å². The van der Waals surface area contributed by atoms with Crippen molar-refractivity contribution in [1.29, 1.82) is 0 Å². The number of hydrogen-bond acceptors (Lipinski definition) is 1. The number of halogens is 3. The van der Waals surface area contributed by atoms with E-state index in [-0.39, 0.29) is 5.02 Å². The van der Waals surface area contributed by atoms with Gasteiger partial charge >= 0.3 is 0 Å². The van der Waals surface area contributed by atoms with Gasteiger partial charge in [-0.2, -0.15) is 0 Å². The van der Waals surface area contributed by atoms with Crippen molar-refractivity contribution in [2.75, 3.05) is 0 Å². The second-order valence-electron chi connectivity index (χ2n) is 3.85. The molecule has 0 bridgehead atoms. The molecular weight excluding hydrogens is 274 g/mol. The quantitative estimate of drug-likeness (QED) is 0.689. The summed E-state index contributed by atoms with van der Waals surface area (Å²) in [5, 5.41) is 0.676. The van der Waals surface area contributed by atoms with Crippen LogP contribution in [0.4, 0.5) is 4.39 Å². The van der Waals surface area contributed by atoms with Crippen molar-refractivity contribution in [1.82, 2.24) is 9.97 Å². The average Bonchev–Trinajstić information content (AvgIpc) is 2.75. The maximum absolute atomic E-state index is 13.9. The van der Waals surface area contributed by atoms with Crippen LogP contribution in [0, 0.1) is 5.82 Å². The van der Waals surface area contributed by atoms with E-state index >= 15 is 0 Å². The van der Waals surface area contributed by atoms with Gasteiger partial charge in [0.1, 0.15) is 5.82 Å². The molecule has 0 atom stereocenters. The highest BCUT2D eigenvalue weighted by atomic mass is 35.5. The molecule has 0 aliphatic rings. The van der Waals surface area contributed by atoms with Gasteiger partial charge in [0.25, 0.3) is 0 Å². The first-order valence-corrected chi connectivity index (χ1v) is 6.00. The Morgan fingerprint density at radius 1 is 1.11 bits per heavy atom. The van der Waals surface area contributed by atoms with Crippen LogP contribution in [0.1, 0.15) is 0 Å². The van der Waals surface area contributed by atoms with Crippen LogP contribution in [-0.2, 0) is 0 Å². The fourth-order valence-corrected chi connectivity index (χ4v) is 2.14. The van der Waals surface area contributed by atoms with E-state index in [1.807, 2.05) is 0 Å². The summed E-state index contributed by atoms with van der Waals surface area (Å²) in [6, 6.07) is 10.1. The van der Waals surface area contributed by atoms with E-state index < -0.39 is 5.82 Å². The lowest BCUT2D eigenvalue weighted by Gasteiger charge is -2.00. The first-order chi connectivity index (χ1) is 8.65. The largest absolute Gasteiger partial charge is 0.338 e. The lowest BCUT2D eigenvalue weighted by atomic mass is 10.2. The number of benzene rings is 2. The van der Waals surface area contributed by atoms with Crippen LogP contribution in [0.5, 0.6) is 0 Å². The summed E-state index contributed by atoms with van der Waals surface area (Å²) < 4.78 is 13.9. The summed E-state index contributed by atoms with van der Waals surface area (Å²) >= 11 is 11.6. The van der Waals surface area contributed by atoms with E-state index in [1.54, 1.807) is 30.3 Å². The van der Waals surface area contributed by atoms with Crippen molar-refractivity contribution in [3.63, 3.8) is 0 Å². The zero-order chi connectivity index (χ0) is 12.7. The van der Waals surface area contributed by atoms with Crippen molar-refractivity contribution < 1.29 is 4.39 Å². The molecule has 90 valence electrons. The summed E-state index contributed by atoms with van der Waals surface area (Å²) in [6.07, 6.45) is 0. The van der Waals surface area contributed by atoms with Crippen molar-refractivity contribution in [2.45, 2.75) is 0 Å². The Hall–Kier alpha value is -1.58. The van der Waals surface area contributed by atoms with Crippen molar-refractivity contribution in [2.24, 2.45) is 0 Å². The van der Waals surface area contributed by atoms with Gasteiger partial charge in [-0.1, -0.05) is 29.3 Å². The van der Waals surface area contributed by atoms with Crippen LogP contribution in [0.15, 0.2) is 36.4 Å². The van der Waals surface area contributed by atoms with Gasteiger partial charge in [0.2, 0.25) is 0 Å². The Morgan fingerprint density at radius 2 is 1.94 bits per heavy atom. The topological polar surface area (TPSA) is 28.7 Å². The SMILES string of the molecule is Fc1c(Cl)cccc1-c1nc2ccc(Cl)cc2[nH]1. The third kappa shape index (κ3) is 1.85. The number of rotatable bonds is 1. The van der Waals surface area contributed by atoms with Crippen molar-refractivity contribution in [3.05, 3.63) is 52.3 Å². The maximum atomic E-state index is 13.9. The molecule has 2 nitrogen and oxygen atoms in total. The lowest BCUT2D eigenvalue weighted by Crippen LogP contribution is -1.86. The minimum Gasteiger partial charge on any atom is -0.338 e. The molecule has 1 N–H and O–H groups in total. The highest BCUT2D eigenvalue weighted by Crippen LogP contribution is 2.28. The van der Waals surface area contributed by atoms with E-state index in [0.29, 0.717) is 16.4 Å². The lowest BCUT2D eigenvalue weighted by molar-refractivity contribution is 0.630. The number of imidazole rings is 1. The van der Waals surface area contributed by atoms with Gasteiger partial charge in [0.05, 0.1) is 21.6 Å². The monoisotopic (exact) mass is 280 g/mol. The normalized spacial score (nSPS) is 11.1. The van der Waals surface area contributed by atoms with E-state index in [1.165, 1.54) is 6.07 Å². The first kappa shape index (κ1) is 11.5. The molecule has 0 amide bonds. The number of aromatic amines is 1. The maximum Gasteiger partial charge on any atom is 0.152 e. The van der Waals surface area contributed by atoms with Gasteiger partial charge in [-0.05, 0) is 30.3 Å². The third-order valence-corrected chi connectivity index (χ3v) is 3.18. The van der Waals surface area contributed by atoms with E-state index in [4.69, 9.17) is 23.2 Å². The summed E-state index contributed by atoms with van der Waals surface area (Å²) in [7, 11) is 0. The van der Waals surface area contributed by atoms with Crippen molar-refractivity contribution in [3.8, 4) is 11.4 Å². The summed E-state index contributed by atoms with van der Waals surface area (Å²) in [4.78, 5) is 7.34. The average molecular weight is 281 g/mol. The minimum atomic E-state index is -0.482. The number of nitrogens with one attached hydrogen (secondary N) is 1. The van der Waals surface area contributed by atoms with Crippen molar-refractivity contribution >= 4 is 34.2 Å². The molecule has 2 aromatic carbocycles. The second-order valence-corrected chi connectivity index (χ2v) is 4.69. The molecule has 3 rings (SSSR count). The molecule has 0 unspecified atom stereocenters. The van der Waals surface area contributed by atoms with Gasteiger partial charge in [-0.15, -0.1) is 0 Å². The Morgan fingerprint density at radius 3 is 2.78 bits per heavy atom. The van der Waals surface area contributed by atoms with Crippen LogP contribution < -0.4 is 0 Å². The predicted molar refractivity (Wildman–Crippen MR) is 71.5 cm³/mol. The predicted octanol–water partition coefficient (Wildman–Crippen LogP) is 4.68. The molecule has 0 aliphatic carbocycles. The Kier molecular flexibility index (Phi) is 2.73. The molecule has 1 heterocycles. The third-order valence-electron chi connectivity index (χ3n) is 2.65. The number of aromatic nitrogens is 2. The zero-order valence-electron chi connectivity index (χ0n) is 9.05. The van der Waals surface area contributed by atoms with E-state index in [0.717, 1.165) is 11.0 Å². The fourth-order valence-electron chi connectivity index (χ4n) is 1.80. The van der Waals surface area contributed by atoms with Crippen LogP contribution in [-0.4, -0.2) is 9.97 Å². The molecular formula is C13H7Cl2FN2. The molecule has 0 fully saturated rings. The number of hydrogen-bond donors (Lipinski definition) is 1. The number of fused-ring (bicyclic) bond motifs is 1. The van der Waals surface area contributed by atoms with Crippen LogP contribution in [0.25, 0.3) is 22.4 Å². The molecule has 0 saturated carbocycles. The van der Waals surface area contributed by atoms with Crippen LogP contribution in [0.2, 0.25) is 10.0 Å². The molecule has 0 saturated heterocycles. The minimum absolute atomic E-state index is 0.0750. The summed E-state index contributed by atoms with van der Waals surface area (Å²) in [5.74, 6) is -0.0448. The second kappa shape index (κ2) is 4.26. The Bertz CT molecular complexity index is 737. The summed E-state index contributed by atoms with van der Waals surface area (Å²) in [6.45, 7) is 0. The zero-order valence-corrected chi connectivity index (χ0v) is 10.6. The van der Waals surface area contributed by atoms with Gasteiger partial charge in [-0.25, -0.2) is 9.37 Å². The van der Waals surface area contributed by atoms with Crippen LogP contribution >= 0.6 is 23.2 Å². The first-order valence-electron chi connectivity index (χ1n) is 5.25. The number of nitrogens with zero attached hydrogens (tertiary/aromatic N) is 1. The highest BCUT2D eigenvalue weighted by Gasteiger charge is 2.12. The van der Waals surface area contributed by atoms with Gasteiger partial charge in [-0.3, -0.25) is 0 Å². The molecule has 0 aliphatic heterocycles. The van der Waals surface area contributed by atoms with Crippen LogP contribution in [0.3, 0.4) is 0 Å². The Labute approximate surface area is 112 Å². The molecule has 5 heteroatoms. The molecule has 3 aromatic rings. The molecule has 0 spiro atoms. The molecule has 1 aromatic heterocycles. The molecule has 0 radical (unpaired) electrons.